The molecule has 0 saturated carbocycles. The molecule has 0 bridgehead atoms. The van der Waals surface area contributed by atoms with Crippen LogP contribution in [0, 0.1) is 0 Å². The van der Waals surface area contributed by atoms with Gasteiger partial charge in [0.25, 0.3) is 0 Å². The number of thiazole rings is 1. The largest absolute Gasteiger partial charge is 0.478 e. The molecule has 2 rings (SSSR count). The van der Waals surface area contributed by atoms with Crippen molar-refractivity contribution in [3.05, 3.63) is 52.5 Å². The van der Waals surface area contributed by atoms with E-state index in [-0.39, 0.29) is 5.57 Å². The second-order valence-corrected chi connectivity index (χ2v) is 3.86. The number of aliphatic carboxylic acids is 1. The topological polar surface area (TPSA) is 50.2 Å². The third kappa shape index (κ3) is 2.35. The first-order valence-electron chi connectivity index (χ1n) is 4.66. The second kappa shape index (κ2) is 4.72. The standard InChI is InChI=1S/C12H9NO2S/c14-12(15)11(6-10-7-16-8-13-10)9-4-2-1-3-5-9/h1-8H,(H,14,15)/b11-6+. The molecule has 0 amide bonds. The third-order valence-corrected chi connectivity index (χ3v) is 2.66. The Morgan fingerprint density at radius 1 is 1.31 bits per heavy atom. The summed E-state index contributed by atoms with van der Waals surface area (Å²) in [5.74, 6) is -0.945. The van der Waals surface area contributed by atoms with Gasteiger partial charge in [0.15, 0.2) is 0 Å². The van der Waals surface area contributed by atoms with Crippen LogP contribution in [-0.4, -0.2) is 16.1 Å². The van der Waals surface area contributed by atoms with Gasteiger partial charge in [-0.05, 0) is 11.6 Å². The van der Waals surface area contributed by atoms with Crippen LogP contribution < -0.4 is 0 Å². The zero-order valence-corrected chi connectivity index (χ0v) is 9.15. The van der Waals surface area contributed by atoms with Crippen molar-refractivity contribution >= 4 is 29.0 Å². The van der Waals surface area contributed by atoms with Gasteiger partial charge in [-0.15, -0.1) is 11.3 Å². The Bertz CT molecular complexity index is 503. The lowest BCUT2D eigenvalue weighted by Crippen LogP contribution is -1.99. The Morgan fingerprint density at radius 2 is 2.06 bits per heavy atom. The molecule has 1 N–H and O–H groups in total. The van der Waals surface area contributed by atoms with Crippen LogP contribution in [0.25, 0.3) is 11.6 Å². The number of hydrogen-bond acceptors (Lipinski definition) is 3. The molecule has 1 aromatic carbocycles. The summed E-state index contributed by atoms with van der Waals surface area (Å²) < 4.78 is 0. The van der Waals surface area contributed by atoms with Gasteiger partial charge in [-0.25, -0.2) is 9.78 Å². The molecule has 2 aromatic rings. The van der Waals surface area contributed by atoms with E-state index < -0.39 is 5.97 Å². The van der Waals surface area contributed by atoms with Crippen LogP contribution in [-0.2, 0) is 4.79 Å². The van der Waals surface area contributed by atoms with E-state index >= 15 is 0 Å². The second-order valence-electron chi connectivity index (χ2n) is 3.14. The molecule has 0 fully saturated rings. The van der Waals surface area contributed by atoms with Crippen molar-refractivity contribution in [2.24, 2.45) is 0 Å². The molecule has 0 radical (unpaired) electrons. The van der Waals surface area contributed by atoms with Gasteiger partial charge in [-0.2, -0.15) is 0 Å². The monoisotopic (exact) mass is 231 g/mol. The number of carboxylic acids is 1. The Kier molecular flexibility index (Phi) is 3.12. The quantitative estimate of drug-likeness (QED) is 0.826. The molecule has 80 valence electrons. The molecule has 0 spiro atoms. The minimum absolute atomic E-state index is 0.256. The minimum atomic E-state index is -0.945. The van der Waals surface area contributed by atoms with E-state index in [1.54, 1.807) is 23.7 Å². The fourth-order valence-electron chi connectivity index (χ4n) is 1.33. The van der Waals surface area contributed by atoms with Crippen molar-refractivity contribution in [3.8, 4) is 0 Å². The summed E-state index contributed by atoms with van der Waals surface area (Å²) in [7, 11) is 0. The smallest absolute Gasteiger partial charge is 0.336 e. The maximum atomic E-state index is 11.1. The fraction of sp³-hybridized carbons (Fsp3) is 0. The van der Waals surface area contributed by atoms with E-state index in [1.165, 1.54) is 11.3 Å². The van der Waals surface area contributed by atoms with Gasteiger partial charge in [0.2, 0.25) is 0 Å². The van der Waals surface area contributed by atoms with Crippen LogP contribution in [0.1, 0.15) is 11.3 Å². The first-order chi connectivity index (χ1) is 7.77. The molecule has 1 aromatic heterocycles. The fourth-order valence-corrected chi connectivity index (χ4v) is 1.84. The Balaban J connectivity index is 2.43. The molecule has 1 heterocycles. The molecule has 16 heavy (non-hydrogen) atoms. The van der Waals surface area contributed by atoms with Crippen molar-refractivity contribution in [1.82, 2.24) is 4.98 Å². The van der Waals surface area contributed by atoms with Gasteiger partial charge >= 0.3 is 5.97 Å². The van der Waals surface area contributed by atoms with E-state index in [0.29, 0.717) is 11.3 Å². The van der Waals surface area contributed by atoms with E-state index in [1.807, 2.05) is 23.6 Å². The first kappa shape index (κ1) is 10.6. The normalized spacial score (nSPS) is 11.4. The Morgan fingerprint density at radius 3 is 2.62 bits per heavy atom. The molecule has 4 heteroatoms. The molecule has 3 nitrogen and oxygen atoms in total. The number of benzene rings is 1. The maximum absolute atomic E-state index is 11.1. The van der Waals surface area contributed by atoms with Crippen LogP contribution in [0.5, 0.6) is 0 Å². The third-order valence-electron chi connectivity index (χ3n) is 2.06. The highest BCUT2D eigenvalue weighted by molar-refractivity contribution is 7.07. The molecular weight excluding hydrogens is 222 g/mol. The molecular formula is C12H9NO2S. The van der Waals surface area contributed by atoms with Gasteiger partial charge in [0.05, 0.1) is 16.8 Å². The van der Waals surface area contributed by atoms with Gasteiger partial charge in [0.1, 0.15) is 0 Å². The Hall–Kier alpha value is -1.94. The summed E-state index contributed by atoms with van der Waals surface area (Å²) in [4.78, 5) is 15.2. The average molecular weight is 231 g/mol. The van der Waals surface area contributed by atoms with E-state index in [4.69, 9.17) is 5.11 Å². The van der Waals surface area contributed by atoms with Gasteiger partial charge in [0, 0.05) is 5.38 Å². The lowest BCUT2D eigenvalue weighted by atomic mass is 10.1. The number of hydrogen-bond donors (Lipinski definition) is 1. The number of nitrogens with zero attached hydrogens (tertiary/aromatic N) is 1. The molecule has 0 aliphatic carbocycles. The highest BCUT2D eigenvalue weighted by Gasteiger charge is 2.10. The maximum Gasteiger partial charge on any atom is 0.336 e. The van der Waals surface area contributed by atoms with Gasteiger partial charge in [-0.3, -0.25) is 0 Å². The summed E-state index contributed by atoms with van der Waals surface area (Å²) in [6, 6.07) is 9.02. The van der Waals surface area contributed by atoms with Crippen molar-refractivity contribution in [2.45, 2.75) is 0 Å². The van der Waals surface area contributed by atoms with Gasteiger partial charge in [-0.1, -0.05) is 30.3 Å². The Labute approximate surface area is 96.7 Å². The number of carboxylic acid groups (broad SMARTS) is 1. The zero-order valence-electron chi connectivity index (χ0n) is 8.33. The van der Waals surface area contributed by atoms with Crippen molar-refractivity contribution in [2.75, 3.05) is 0 Å². The van der Waals surface area contributed by atoms with E-state index in [9.17, 15) is 4.79 Å². The summed E-state index contributed by atoms with van der Waals surface area (Å²) in [6.45, 7) is 0. The molecule has 0 unspecified atom stereocenters. The SMILES string of the molecule is O=C(O)/C(=C/c1cscn1)c1ccccc1. The van der Waals surface area contributed by atoms with Gasteiger partial charge < -0.3 is 5.11 Å². The first-order valence-corrected chi connectivity index (χ1v) is 5.60. The predicted molar refractivity (Wildman–Crippen MR) is 64.1 cm³/mol. The molecule has 0 aliphatic heterocycles. The van der Waals surface area contributed by atoms with Crippen LogP contribution in [0.3, 0.4) is 0 Å². The number of rotatable bonds is 3. The van der Waals surface area contributed by atoms with Crippen molar-refractivity contribution < 1.29 is 9.90 Å². The highest BCUT2D eigenvalue weighted by Crippen LogP contribution is 2.18. The van der Waals surface area contributed by atoms with E-state index in [0.717, 1.165) is 0 Å². The lowest BCUT2D eigenvalue weighted by Gasteiger charge is -2.00. The summed E-state index contributed by atoms with van der Waals surface area (Å²) >= 11 is 1.44. The molecule has 0 saturated heterocycles. The van der Waals surface area contributed by atoms with Crippen molar-refractivity contribution in [3.63, 3.8) is 0 Å². The van der Waals surface area contributed by atoms with Crippen LogP contribution >= 0.6 is 11.3 Å². The average Bonchev–Trinajstić information content (AvgIpc) is 2.79. The molecule has 0 aliphatic rings. The highest BCUT2D eigenvalue weighted by atomic mass is 32.1. The van der Waals surface area contributed by atoms with Crippen LogP contribution in [0.4, 0.5) is 0 Å². The number of carbonyl (C=O) groups is 1. The van der Waals surface area contributed by atoms with E-state index in [2.05, 4.69) is 4.98 Å². The lowest BCUT2D eigenvalue weighted by molar-refractivity contribution is -0.130. The summed E-state index contributed by atoms with van der Waals surface area (Å²) in [5.41, 5.74) is 3.29. The predicted octanol–water partition coefficient (Wildman–Crippen LogP) is 2.77. The zero-order chi connectivity index (χ0) is 11.4. The molecule has 0 atom stereocenters. The van der Waals surface area contributed by atoms with Crippen LogP contribution in [0.15, 0.2) is 41.2 Å². The van der Waals surface area contributed by atoms with Crippen LogP contribution in [0.2, 0.25) is 0 Å². The number of aromatic nitrogens is 1. The summed E-state index contributed by atoms with van der Waals surface area (Å²) in [5, 5.41) is 10.9. The van der Waals surface area contributed by atoms with Crippen molar-refractivity contribution in [1.29, 1.82) is 0 Å². The minimum Gasteiger partial charge on any atom is -0.478 e. The summed E-state index contributed by atoms with van der Waals surface area (Å²) in [6.07, 6.45) is 1.58.